The molecular formula is C4H11NO6S2. The Balaban J connectivity index is 0. The Bertz CT molecular complexity index is 340. The quantitative estimate of drug-likeness (QED) is 0.453. The summed E-state index contributed by atoms with van der Waals surface area (Å²) in [6.07, 6.45) is 0. The molecule has 7 nitrogen and oxygen atoms in total. The molecule has 0 atom stereocenters. The van der Waals surface area contributed by atoms with Gasteiger partial charge in [-0.1, -0.05) is 0 Å². The van der Waals surface area contributed by atoms with E-state index in [2.05, 4.69) is 4.18 Å². The van der Waals surface area contributed by atoms with Gasteiger partial charge in [-0.15, -0.1) is 0 Å². The van der Waals surface area contributed by atoms with Crippen LogP contribution < -0.4 is 5.73 Å². The third-order valence-electron chi connectivity index (χ3n) is 0.530. The molecule has 0 aromatic rings. The van der Waals surface area contributed by atoms with Crippen molar-refractivity contribution in [3.05, 3.63) is 0 Å². The molecule has 0 spiro atoms. The largest absolute Gasteiger partial charge is 0.397 e. The first-order valence-corrected chi connectivity index (χ1v) is 5.44. The normalized spacial score (nSPS) is 9.85. The summed E-state index contributed by atoms with van der Waals surface area (Å²) in [6, 6.07) is 0. The van der Waals surface area contributed by atoms with Crippen LogP contribution in [-0.4, -0.2) is 33.0 Å². The number of hydrogen-bond acceptors (Lipinski definition) is 5. The van der Waals surface area contributed by atoms with Gasteiger partial charge in [0.2, 0.25) is 10.3 Å². The summed E-state index contributed by atoms with van der Waals surface area (Å²) in [5, 5.41) is 0. The lowest BCUT2D eigenvalue weighted by Gasteiger charge is -1.88. The van der Waals surface area contributed by atoms with Crippen LogP contribution in [0.2, 0.25) is 0 Å². The molecule has 0 fully saturated rings. The fourth-order valence-corrected chi connectivity index (χ4v) is 0.447. The first kappa shape index (κ1) is 15.0. The molecule has 0 aromatic carbocycles. The average Bonchev–Trinajstić information content (AvgIpc) is 1.85. The van der Waals surface area contributed by atoms with E-state index in [4.69, 9.17) is 10.3 Å². The van der Waals surface area contributed by atoms with E-state index in [9.17, 15) is 16.8 Å². The van der Waals surface area contributed by atoms with Crippen LogP contribution in [0.25, 0.3) is 0 Å². The van der Waals surface area contributed by atoms with Crippen molar-refractivity contribution >= 4 is 25.7 Å². The van der Waals surface area contributed by atoms with Crippen molar-refractivity contribution in [3.8, 4) is 0 Å². The van der Waals surface area contributed by atoms with Gasteiger partial charge in [0.15, 0.2) is 0 Å². The van der Waals surface area contributed by atoms with Gasteiger partial charge >= 0.3 is 10.4 Å². The molecule has 13 heavy (non-hydrogen) atoms. The first-order valence-electron chi connectivity index (χ1n) is 3.00. The second kappa shape index (κ2) is 6.97. The van der Waals surface area contributed by atoms with E-state index in [0.717, 1.165) is 0 Å². The highest BCUT2D eigenvalue weighted by molar-refractivity contribution is 7.80. The molecule has 0 unspecified atom stereocenters. The Labute approximate surface area is 78.0 Å². The zero-order valence-electron chi connectivity index (χ0n) is 7.09. The van der Waals surface area contributed by atoms with Crippen molar-refractivity contribution in [2.45, 2.75) is 13.8 Å². The minimum Gasteiger partial charge on any atom is -0.293 e. The van der Waals surface area contributed by atoms with Crippen molar-refractivity contribution in [2.24, 2.45) is 5.73 Å². The Morgan fingerprint density at radius 2 is 1.85 bits per heavy atom. The van der Waals surface area contributed by atoms with Crippen LogP contribution in [0.1, 0.15) is 13.8 Å². The highest BCUT2D eigenvalue weighted by atomic mass is 32.3. The summed E-state index contributed by atoms with van der Waals surface area (Å²) >= 11 is 0. The van der Waals surface area contributed by atoms with E-state index in [1.54, 1.807) is 0 Å². The number of hydrogen-bond donors (Lipinski definition) is 2. The average molecular weight is 233 g/mol. The van der Waals surface area contributed by atoms with Crippen LogP contribution in [0.5, 0.6) is 0 Å². The lowest BCUT2D eigenvalue weighted by Crippen LogP contribution is -2.05. The van der Waals surface area contributed by atoms with E-state index in [-0.39, 0.29) is 11.6 Å². The molecular weight excluding hydrogens is 222 g/mol. The summed E-state index contributed by atoms with van der Waals surface area (Å²) in [5.74, 6) is 0. The summed E-state index contributed by atoms with van der Waals surface area (Å²) in [6.45, 7) is 2.76. The topological polar surface area (TPSA) is 124 Å². The van der Waals surface area contributed by atoms with Gasteiger partial charge in [-0.25, -0.2) is 4.18 Å². The van der Waals surface area contributed by atoms with Gasteiger partial charge in [0.25, 0.3) is 0 Å². The van der Waals surface area contributed by atoms with E-state index in [1.165, 1.54) is 13.8 Å². The second-order valence-corrected chi connectivity index (χ2v) is 3.88. The zero-order chi connectivity index (χ0) is 11.1. The van der Waals surface area contributed by atoms with E-state index < -0.39 is 20.7 Å². The van der Waals surface area contributed by atoms with Crippen molar-refractivity contribution in [2.75, 3.05) is 6.61 Å². The first-order chi connectivity index (χ1) is 5.70. The highest BCUT2D eigenvalue weighted by Crippen LogP contribution is 1.81. The molecule has 0 aromatic heterocycles. The molecule has 0 aliphatic rings. The van der Waals surface area contributed by atoms with Gasteiger partial charge < -0.3 is 0 Å². The lowest BCUT2D eigenvalue weighted by atomic mass is 10.8. The Morgan fingerprint density at radius 1 is 1.54 bits per heavy atom. The second-order valence-electron chi connectivity index (χ2n) is 1.68. The van der Waals surface area contributed by atoms with Crippen LogP contribution in [0.3, 0.4) is 0 Å². The van der Waals surface area contributed by atoms with Gasteiger partial charge in [0, 0.05) is 0 Å². The number of rotatable bonds is 2. The molecule has 0 heterocycles. The molecule has 0 aliphatic carbocycles. The predicted molar refractivity (Wildman–Crippen MR) is 47.0 cm³/mol. The minimum absolute atomic E-state index is 0.0289. The Hall–Kier alpha value is -0.480. The van der Waals surface area contributed by atoms with Crippen molar-refractivity contribution < 1.29 is 25.6 Å². The van der Waals surface area contributed by atoms with Gasteiger partial charge in [0.1, 0.15) is 4.99 Å². The third-order valence-corrected chi connectivity index (χ3v) is 1.59. The van der Waals surface area contributed by atoms with Gasteiger partial charge in [-0.05, 0) is 13.8 Å². The van der Waals surface area contributed by atoms with E-state index in [0.29, 0.717) is 0 Å². The van der Waals surface area contributed by atoms with E-state index >= 15 is 0 Å². The monoisotopic (exact) mass is 233 g/mol. The van der Waals surface area contributed by atoms with Crippen molar-refractivity contribution in [1.29, 1.82) is 0 Å². The Kier molecular flexibility index (Phi) is 8.05. The number of nitrogens with two attached hydrogens (primary N) is 1. The summed E-state index contributed by atoms with van der Waals surface area (Å²) in [4.78, 5) is -0.0741. The van der Waals surface area contributed by atoms with Crippen LogP contribution >= 0.6 is 0 Å². The summed E-state index contributed by atoms with van der Waals surface area (Å²) in [7, 11) is -6.35. The van der Waals surface area contributed by atoms with Crippen LogP contribution in [0.4, 0.5) is 0 Å². The standard InChI is InChI=1S/C2H5NO2S.C2H6O4S/c1-2(3)6(4)5;1-2-6-7(3,4)5/h3H2,1H3;2H2,1H3,(H,3,4,5). The molecule has 0 saturated heterocycles. The van der Waals surface area contributed by atoms with Crippen molar-refractivity contribution in [1.82, 2.24) is 0 Å². The highest BCUT2D eigenvalue weighted by Gasteiger charge is 1.98. The maximum Gasteiger partial charge on any atom is 0.397 e. The molecule has 0 radical (unpaired) electrons. The van der Waals surface area contributed by atoms with Crippen LogP contribution in [-0.2, 0) is 24.9 Å². The summed E-state index contributed by atoms with van der Waals surface area (Å²) in [5.41, 5.74) is 4.74. The molecule has 9 heteroatoms. The van der Waals surface area contributed by atoms with E-state index in [1.807, 2.05) is 0 Å². The zero-order valence-corrected chi connectivity index (χ0v) is 8.72. The maximum atomic E-state index is 9.56. The maximum absolute atomic E-state index is 9.56. The van der Waals surface area contributed by atoms with Crippen LogP contribution in [0.15, 0.2) is 0 Å². The van der Waals surface area contributed by atoms with Crippen molar-refractivity contribution in [3.63, 3.8) is 0 Å². The molecule has 0 bridgehead atoms. The minimum atomic E-state index is -4.17. The Morgan fingerprint density at radius 3 is 1.85 bits per heavy atom. The summed E-state index contributed by atoms with van der Waals surface area (Å²) < 4.78 is 49.7. The SMILES string of the molecule is CC(N)=S(=O)=O.CCOS(=O)(=O)O. The fraction of sp³-hybridized carbons (Fsp3) is 0.750. The molecule has 80 valence electrons. The van der Waals surface area contributed by atoms with Gasteiger partial charge in [-0.2, -0.15) is 16.8 Å². The molecule has 3 N–H and O–H groups in total. The molecule has 0 rings (SSSR count). The predicted octanol–water partition coefficient (Wildman–Crippen LogP) is -1.20. The fourth-order valence-electron chi connectivity index (χ4n) is 0.149. The van der Waals surface area contributed by atoms with Gasteiger partial charge in [-0.3, -0.25) is 10.3 Å². The molecule has 0 aliphatic heterocycles. The molecule has 0 saturated carbocycles. The lowest BCUT2D eigenvalue weighted by molar-refractivity contribution is 0.283. The third kappa shape index (κ3) is 18.5. The van der Waals surface area contributed by atoms with Crippen LogP contribution in [0, 0.1) is 0 Å². The smallest absolute Gasteiger partial charge is 0.293 e. The molecule has 0 amide bonds. The van der Waals surface area contributed by atoms with Gasteiger partial charge in [0.05, 0.1) is 6.61 Å².